The fraction of sp³-hybridized carbons (Fsp3) is 0.625. The molecule has 0 bridgehead atoms. The van der Waals surface area contributed by atoms with Crippen molar-refractivity contribution in [3.63, 3.8) is 0 Å². The molecule has 0 aliphatic rings. The fourth-order valence-electron chi connectivity index (χ4n) is 1.82. The van der Waals surface area contributed by atoms with Crippen LogP contribution in [0.5, 0.6) is 0 Å². The Kier molecular flexibility index (Phi) is 8.60. The summed E-state index contributed by atoms with van der Waals surface area (Å²) in [6.45, 7) is 8.05. The van der Waals surface area contributed by atoms with Crippen LogP contribution in [0.25, 0.3) is 0 Å². The predicted molar refractivity (Wildman–Crippen MR) is 82.9 cm³/mol. The van der Waals surface area contributed by atoms with E-state index in [2.05, 4.69) is 45.0 Å². The molecule has 0 saturated heterocycles. The first-order valence-electron chi connectivity index (χ1n) is 7.63. The van der Waals surface area contributed by atoms with Crippen LogP contribution >= 0.6 is 0 Å². The summed E-state index contributed by atoms with van der Waals surface area (Å²) in [5.74, 6) is 0. The van der Waals surface area contributed by atoms with E-state index in [1.165, 1.54) is 5.56 Å². The second-order valence-electron chi connectivity index (χ2n) is 4.88. The molecule has 1 aromatic rings. The van der Waals surface area contributed by atoms with Gasteiger partial charge in [0.25, 0.3) is 0 Å². The lowest BCUT2D eigenvalue weighted by Crippen LogP contribution is -2.37. The highest BCUT2D eigenvalue weighted by atomic mass is 16.6. The fourth-order valence-corrected chi connectivity index (χ4v) is 1.82. The number of unbranched alkanes of at least 4 members (excludes halogenated alkanes) is 2. The molecule has 0 aliphatic carbocycles. The smallest absolute Gasteiger partial charge is 0.407 e. The van der Waals surface area contributed by atoms with Crippen molar-refractivity contribution < 1.29 is 9.31 Å². The third-order valence-corrected chi connectivity index (χ3v) is 3.19. The first-order chi connectivity index (χ1) is 9.31. The quantitative estimate of drug-likeness (QED) is 0.474. The van der Waals surface area contributed by atoms with E-state index < -0.39 is 0 Å². The number of hydrogen-bond donors (Lipinski definition) is 0. The molecule has 0 radical (unpaired) electrons. The molecule has 0 atom stereocenters. The second kappa shape index (κ2) is 10.0. The molecule has 0 spiro atoms. The summed E-state index contributed by atoms with van der Waals surface area (Å²) in [5.41, 5.74) is 2.48. The van der Waals surface area contributed by atoms with Crippen molar-refractivity contribution in [2.75, 3.05) is 13.2 Å². The lowest BCUT2D eigenvalue weighted by atomic mass is 9.78. The Balaban J connectivity index is 2.58. The summed E-state index contributed by atoms with van der Waals surface area (Å²) in [5, 5.41) is 0. The first-order valence-corrected chi connectivity index (χ1v) is 7.63. The number of aryl methyl sites for hydroxylation is 1. The SMILES string of the molecule is CCCCOB(OCCCC)c1ccc(CC)cc1. The van der Waals surface area contributed by atoms with Crippen molar-refractivity contribution in [1.82, 2.24) is 0 Å². The van der Waals surface area contributed by atoms with Gasteiger partial charge in [0.15, 0.2) is 0 Å². The van der Waals surface area contributed by atoms with Gasteiger partial charge >= 0.3 is 7.12 Å². The standard InChI is InChI=1S/C16H27BO2/c1-4-7-13-18-17(19-14-8-5-2)16-11-9-15(6-3)10-12-16/h9-12H,4-8,13-14H2,1-3H3. The van der Waals surface area contributed by atoms with Gasteiger partial charge in [0, 0.05) is 13.2 Å². The van der Waals surface area contributed by atoms with Crippen molar-refractivity contribution in [1.29, 1.82) is 0 Å². The van der Waals surface area contributed by atoms with E-state index in [4.69, 9.17) is 9.31 Å². The maximum atomic E-state index is 5.87. The van der Waals surface area contributed by atoms with Gasteiger partial charge in [0.05, 0.1) is 0 Å². The summed E-state index contributed by atoms with van der Waals surface area (Å²) in [6, 6.07) is 8.58. The highest BCUT2D eigenvalue weighted by molar-refractivity contribution is 6.61. The third-order valence-electron chi connectivity index (χ3n) is 3.19. The van der Waals surface area contributed by atoms with Crippen LogP contribution in [-0.2, 0) is 15.7 Å². The van der Waals surface area contributed by atoms with Crippen LogP contribution < -0.4 is 5.46 Å². The van der Waals surface area contributed by atoms with Crippen LogP contribution in [0.2, 0.25) is 0 Å². The molecule has 106 valence electrons. The Bertz CT molecular complexity index is 314. The first kappa shape index (κ1) is 16.3. The average molecular weight is 262 g/mol. The minimum absolute atomic E-state index is 0.205. The third kappa shape index (κ3) is 6.26. The summed E-state index contributed by atoms with van der Waals surface area (Å²) in [4.78, 5) is 0. The second-order valence-corrected chi connectivity index (χ2v) is 4.88. The Morgan fingerprint density at radius 3 is 1.79 bits per heavy atom. The van der Waals surface area contributed by atoms with E-state index >= 15 is 0 Å². The van der Waals surface area contributed by atoms with Crippen LogP contribution in [0.15, 0.2) is 24.3 Å². The van der Waals surface area contributed by atoms with Gasteiger partial charge in [-0.2, -0.15) is 0 Å². The van der Waals surface area contributed by atoms with Gasteiger partial charge in [-0.15, -0.1) is 0 Å². The molecule has 0 N–H and O–H groups in total. The Morgan fingerprint density at radius 1 is 0.842 bits per heavy atom. The molecule has 0 aromatic heterocycles. The molecule has 0 unspecified atom stereocenters. The van der Waals surface area contributed by atoms with Gasteiger partial charge < -0.3 is 9.31 Å². The zero-order chi connectivity index (χ0) is 13.9. The molecule has 3 heteroatoms. The minimum atomic E-state index is -0.205. The van der Waals surface area contributed by atoms with Gasteiger partial charge in [0.1, 0.15) is 0 Å². The molecule has 0 saturated carbocycles. The summed E-state index contributed by atoms with van der Waals surface area (Å²) < 4.78 is 11.7. The van der Waals surface area contributed by atoms with Crippen molar-refractivity contribution >= 4 is 12.6 Å². The Morgan fingerprint density at radius 2 is 1.37 bits per heavy atom. The normalized spacial score (nSPS) is 10.7. The molecule has 19 heavy (non-hydrogen) atoms. The van der Waals surface area contributed by atoms with E-state index in [-0.39, 0.29) is 7.12 Å². The summed E-state index contributed by atoms with van der Waals surface area (Å²) in [6.07, 6.45) is 5.53. The van der Waals surface area contributed by atoms with E-state index in [0.29, 0.717) is 0 Å². The van der Waals surface area contributed by atoms with E-state index in [0.717, 1.165) is 50.8 Å². The summed E-state index contributed by atoms with van der Waals surface area (Å²) in [7, 11) is -0.205. The van der Waals surface area contributed by atoms with Crippen LogP contribution in [0.4, 0.5) is 0 Å². The van der Waals surface area contributed by atoms with Crippen LogP contribution in [0.3, 0.4) is 0 Å². The monoisotopic (exact) mass is 262 g/mol. The largest absolute Gasteiger partial charge is 0.493 e. The molecule has 0 heterocycles. The molecule has 0 amide bonds. The highest BCUT2D eigenvalue weighted by Crippen LogP contribution is 2.02. The minimum Gasteiger partial charge on any atom is -0.407 e. The molecule has 1 aromatic carbocycles. The van der Waals surface area contributed by atoms with Crippen LogP contribution in [0.1, 0.15) is 52.0 Å². The lowest BCUT2D eigenvalue weighted by Gasteiger charge is -2.15. The molecule has 0 fully saturated rings. The maximum Gasteiger partial charge on any atom is 0.493 e. The van der Waals surface area contributed by atoms with Crippen LogP contribution in [0, 0.1) is 0 Å². The average Bonchev–Trinajstić information content (AvgIpc) is 2.46. The summed E-state index contributed by atoms with van der Waals surface area (Å²) >= 11 is 0. The van der Waals surface area contributed by atoms with Gasteiger partial charge in [-0.1, -0.05) is 57.9 Å². The maximum absolute atomic E-state index is 5.87. The van der Waals surface area contributed by atoms with Crippen molar-refractivity contribution in [2.24, 2.45) is 0 Å². The molecule has 2 nitrogen and oxygen atoms in total. The highest BCUT2D eigenvalue weighted by Gasteiger charge is 2.20. The van der Waals surface area contributed by atoms with Gasteiger partial charge in [-0.05, 0) is 30.3 Å². The van der Waals surface area contributed by atoms with Gasteiger partial charge in [0.2, 0.25) is 0 Å². The van der Waals surface area contributed by atoms with E-state index in [9.17, 15) is 0 Å². The lowest BCUT2D eigenvalue weighted by molar-refractivity contribution is 0.202. The number of benzene rings is 1. The van der Waals surface area contributed by atoms with Crippen molar-refractivity contribution in [3.05, 3.63) is 29.8 Å². The molecular weight excluding hydrogens is 235 g/mol. The Hall–Kier alpha value is -0.795. The zero-order valence-corrected chi connectivity index (χ0v) is 12.7. The van der Waals surface area contributed by atoms with Gasteiger partial charge in [-0.25, -0.2) is 0 Å². The Labute approximate surface area is 118 Å². The number of hydrogen-bond acceptors (Lipinski definition) is 2. The molecular formula is C16H27BO2. The molecule has 1 rings (SSSR count). The zero-order valence-electron chi connectivity index (χ0n) is 12.7. The van der Waals surface area contributed by atoms with E-state index in [1.54, 1.807) is 0 Å². The predicted octanol–water partition coefficient (Wildman–Crippen LogP) is 3.58. The van der Waals surface area contributed by atoms with Gasteiger partial charge in [-0.3, -0.25) is 0 Å². The van der Waals surface area contributed by atoms with Crippen molar-refractivity contribution in [2.45, 2.75) is 52.9 Å². The number of rotatable bonds is 10. The van der Waals surface area contributed by atoms with Crippen LogP contribution in [-0.4, -0.2) is 20.3 Å². The molecule has 0 aliphatic heterocycles. The topological polar surface area (TPSA) is 18.5 Å². The van der Waals surface area contributed by atoms with Crippen molar-refractivity contribution in [3.8, 4) is 0 Å². The van der Waals surface area contributed by atoms with E-state index in [1.807, 2.05) is 0 Å².